The second kappa shape index (κ2) is 4.65. The number of hydrogen-bond donors (Lipinski definition) is 0. The van der Waals surface area contributed by atoms with E-state index >= 15 is 0 Å². The minimum atomic E-state index is 0.432. The van der Waals surface area contributed by atoms with E-state index in [1.165, 1.54) is 0 Å². The monoisotopic (exact) mass is 237 g/mol. The molecule has 76 valence electrons. The van der Waals surface area contributed by atoms with Crippen LogP contribution < -0.4 is 0 Å². The molecule has 0 N–H and O–H groups in total. The van der Waals surface area contributed by atoms with Gasteiger partial charge >= 0.3 is 0 Å². The number of hydrogen-bond acceptors (Lipinski definition) is 1. The zero-order chi connectivity index (χ0) is 10.7. The molecule has 1 nitrogen and oxygen atoms in total. The largest absolute Gasteiger partial charge is 0.256 e. The molecule has 1 aromatic heterocycles. The van der Waals surface area contributed by atoms with E-state index in [-0.39, 0.29) is 0 Å². The molecule has 2 aromatic rings. The Labute approximate surface area is 98.7 Å². The van der Waals surface area contributed by atoms with Crippen molar-refractivity contribution in [3.05, 3.63) is 53.2 Å². The third-order valence-corrected chi connectivity index (χ3v) is 2.80. The molecule has 0 aliphatic heterocycles. The van der Waals surface area contributed by atoms with Gasteiger partial charge in [0.2, 0.25) is 0 Å². The average molecular weight is 238 g/mol. The normalized spacial score (nSPS) is 10.3. The smallest absolute Gasteiger partial charge is 0.0702 e. The third-order valence-electron chi connectivity index (χ3n) is 2.16. The Bertz CT molecular complexity index is 454. The zero-order valence-electron chi connectivity index (χ0n) is 7.95. The molecule has 15 heavy (non-hydrogen) atoms. The first-order chi connectivity index (χ1) is 7.31. The topological polar surface area (TPSA) is 12.9 Å². The predicted octanol–water partition coefficient (Wildman–Crippen LogP) is 4.14. The molecule has 0 saturated heterocycles. The van der Waals surface area contributed by atoms with Gasteiger partial charge in [-0.05, 0) is 23.8 Å². The summed E-state index contributed by atoms with van der Waals surface area (Å²) in [5, 5.41) is 0.688. The SMILES string of the molecule is ClCc1ccc(-c2ccccn2)cc1Cl. The Balaban J connectivity index is 2.43. The minimum Gasteiger partial charge on any atom is -0.256 e. The van der Waals surface area contributed by atoms with E-state index in [0.29, 0.717) is 10.9 Å². The van der Waals surface area contributed by atoms with E-state index in [2.05, 4.69) is 4.98 Å². The van der Waals surface area contributed by atoms with Crippen LogP contribution in [0.2, 0.25) is 5.02 Å². The molecule has 0 aliphatic carbocycles. The lowest BCUT2D eigenvalue weighted by molar-refractivity contribution is 1.32. The van der Waals surface area contributed by atoms with Crippen molar-refractivity contribution in [3.63, 3.8) is 0 Å². The summed E-state index contributed by atoms with van der Waals surface area (Å²) in [6.07, 6.45) is 1.76. The van der Waals surface area contributed by atoms with Crippen molar-refractivity contribution >= 4 is 23.2 Å². The summed E-state index contributed by atoms with van der Waals surface area (Å²) in [6, 6.07) is 11.6. The van der Waals surface area contributed by atoms with Crippen molar-refractivity contribution < 1.29 is 0 Å². The maximum atomic E-state index is 6.07. The van der Waals surface area contributed by atoms with Crippen molar-refractivity contribution in [2.24, 2.45) is 0 Å². The highest BCUT2D eigenvalue weighted by Crippen LogP contribution is 2.25. The fourth-order valence-corrected chi connectivity index (χ4v) is 1.90. The maximum absolute atomic E-state index is 6.07. The molecular formula is C12H9Cl2N. The maximum Gasteiger partial charge on any atom is 0.0702 e. The van der Waals surface area contributed by atoms with Crippen LogP contribution in [0.5, 0.6) is 0 Å². The molecule has 1 aromatic carbocycles. The summed E-state index contributed by atoms with van der Waals surface area (Å²) >= 11 is 11.8. The fraction of sp³-hybridized carbons (Fsp3) is 0.0833. The molecule has 0 fully saturated rings. The van der Waals surface area contributed by atoms with Crippen molar-refractivity contribution in [1.82, 2.24) is 4.98 Å². The molecule has 0 bridgehead atoms. The molecule has 0 unspecified atom stereocenters. The van der Waals surface area contributed by atoms with E-state index in [0.717, 1.165) is 16.8 Å². The molecule has 0 saturated carbocycles. The average Bonchev–Trinajstić information content (AvgIpc) is 2.30. The number of rotatable bonds is 2. The summed E-state index contributed by atoms with van der Waals surface area (Å²) in [5.41, 5.74) is 2.87. The minimum absolute atomic E-state index is 0.432. The Morgan fingerprint density at radius 3 is 2.60 bits per heavy atom. The van der Waals surface area contributed by atoms with Gasteiger partial charge in [0, 0.05) is 22.7 Å². The van der Waals surface area contributed by atoms with E-state index < -0.39 is 0 Å². The summed E-state index contributed by atoms with van der Waals surface area (Å²) in [7, 11) is 0. The number of alkyl halides is 1. The molecular weight excluding hydrogens is 229 g/mol. The van der Waals surface area contributed by atoms with Crippen molar-refractivity contribution in [3.8, 4) is 11.3 Å². The first-order valence-corrected chi connectivity index (χ1v) is 5.48. The van der Waals surface area contributed by atoms with Gasteiger partial charge in [-0.2, -0.15) is 0 Å². The number of aromatic nitrogens is 1. The van der Waals surface area contributed by atoms with Gasteiger partial charge in [-0.15, -0.1) is 11.6 Å². The van der Waals surface area contributed by atoms with E-state index in [9.17, 15) is 0 Å². The van der Waals surface area contributed by atoms with E-state index in [4.69, 9.17) is 23.2 Å². The molecule has 0 aliphatic rings. The highest BCUT2D eigenvalue weighted by molar-refractivity contribution is 6.32. The van der Waals surface area contributed by atoms with Crippen LogP contribution in [-0.2, 0) is 5.88 Å². The van der Waals surface area contributed by atoms with Crippen LogP contribution in [0.3, 0.4) is 0 Å². The van der Waals surface area contributed by atoms with Gasteiger partial charge in [-0.1, -0.05) is 29.8 Å². The van der Waals surface area contributed by atoms with Crippen molar-refractivity contribution in [1.29, 1.82) is 0 Å². The summed E-state index contributed by atoms with van der Waals surface area (Å²) in [6.45, 7) is 0. The first-order valence-electron chi connectivity index (χ1n) is 4.57. The highest BCUT2D eigenvalue weighted by Gasteiger charge is 2.02. The van der Waals surface area contributed by atoms with Gasteiger partial charge in [-0.25, -0.2) is 0 Å². The van der Waals surface area contributed by atoms with Gasteiger partial charge in [0.05, 0.1) is 5.69 Å². The summed E-state index contributed by atoms with van der Waals surface area (Å²) < 4.78 is 0. The Hall–Kier alpha value is -1.05. The van der Waals surface area contributed by atoms with Crippen LogP contribution in [-0.4, -0.2) is 4.98 Å². The molecule has 0 radical (unpaired) electrons. The van der Waals surface area contributed by atoms with Crippen LogP contribution >= 0.6 is 23.2 Å². The van der Waals surface area contributed by atoms with Crippen molar-refractivity contribution in [2.75, 3.05) is 0 Å². The van der Waals surface area contributed by atoms with Gasteiger partial charge in [0.25, 0.3) is 0 Å². The standard InChI is InChI=1S/C12H9Cl2N/c13-8-10-5-4-9(7-11(10)14)12-3-1-2-6-15-12/h1-7H,8H2. The molecule has 3 heteroatoms. The molecule has 0 amide bonds. The number of benzene rings is 1. The summed E-state index contributed by atoms with van der Waals surface area (Å²) in [5.74, 6) is 0.432. The van der Waals surface area contributed by atoms with E-state index in [1.807, 2.05) is 36.4 Å². The first kappa shape index (κ1) is 10.5. The molecule has 0 spiro atoms. The quantitative estimate of drug-likeness (QED) is 0.716. The van der Waals surface area contributed by atoms with Crippen LogP contribution in [0.4, 0.5) is 0 Å². The third kappa shape index (κ3) is 2.31. The number of pyridine rings is 1. The summed E-state index contributed by atoms with van der Waals surface area (Å²) in [4.78, 5) is 4.25. The molecule has 1 heterocycles. The van der Waals surface area contributed by atoms with E-state index in [1.54, 1.807) is 6.20 Å². The predicted molar refractivity (Wildman–Crippen MR) is 64.2 cm³/mol. The van der Waals surface area contributed by atoms with Gasteiger partial charge in [0.15, 0.2) is 0 Å². The van der Waals surface area contributed by atoms with Gasteiger partial charge < -0.3 is 0 Å². The lowest BCUT2D eigenvalue weighted by Crippen LogP contribution is -1.85. The van der Waals surface area contributed by atoms with Crippen LogP contribution in [0.1, 0.15) is 5.56 Å². The Morgan fingerprint density at radius 1 is 1.13 bits per heavy atom. The zero-order valence-corrected chi connectivity index (χ0v) is 9.46. The highest BCUT2D eigenvalue weighted by atomic mass is 35.5. The Kier molecular flexibility index (Phi) is 3.24. The van der Waals surface area contributed by atoms with Crippen LogP contribution in [0, 0.1) is 0 Å². The second-order valence-electron chi connectivity index (χ2n) is 3.15. The molecule has 2 rings (SSSR count). The van der Waals surface area contributed by atoms with Crippen LogP contribution in [0.25, 0.3) is 11.3 Å². The van der Waals surface area contributed by atoms with Gasteiger partial charge in [0.1, 0.15) is 0 Å². The fourth-order valence-electron chi connectivity index (χ4n) is 1.35. The van der Waals surface area contributed by atoms with Crippen molar-refractivity contribution in [2.45, 2.75) is 5.88 Å². The number of halogens is 2. The van der Waals surface area contributed by atoms with Crippen LogP contribution in [0.15, 0.2) is 42.6 Å². The Morgan fingerprint density at radius 2 is 2.00 bits per heavy atom. The molecule has 0 atom stereocenters. The lowest BCUT2D eigenvalue weighted by Gasteiger charge is -2.04. The lowest BCUT2D eigenvalue weighted by atomic mass is 10.1. The number of nitrogens with zero attached hydrogens (tertiary/aromatic N) is 1. The van der Waals surface area contributed by atoms with Gasteiger partial charge in [-0.3, -0.25) is 4.98 Å². The second-order valence-corrected chi connectivity index (χ2v) is 3.83.